The molecule has 112 valence electrons. The highest BCUT2D eigenvalue weighted by Crippen LogP contribution is 2.43. The molecule has 5 nitrogen and oxygen atoms in total. The number of hydrogen-bond acceptors (Lipinski definition) is 5. The number of rotatable bonds is 4. The van der Waals surface area contributed by atoms with Crippen molar-refractivity contribution in [2.45, 2.75) is 37.6 Å². The lowest BCUT2D eigenvalue weighted by molar-refractivity contribution is -0.234. The second-order valence-electron chi connectivity index (χ2n) is 5.00. The molecule has 0 saturated heterocycles. The first-order valence-corrected chi connectivity index (χ1v) is 6.80. The van der Waals surface area contributed by atoms with E-state index in [1.165, 1.54) is 21.3 Å². The lowest BCUT2D eigenvalue weighted by atomic mass is 9.78. The lowest BCUT2D eigenvalue weighted by Crippen LogP contribution is -2.53. The molecule has 0 heterocycles. The molecule has 20 heavy (non-hydrogen) atoms. The van der Waals surface area contributed by atoms with Crippen LogP contribution in [0.3, 0.4) is 0 Å². The van der Waals surface area contributed by atoms with Gasteiger partial charge in [-0.3, -0.25) is 0 Å². The fourth-order valence-electron chi connectivity index (χ4n) is 3.19. The van der Waals surface area contributed by atoms with E-state index in [0.29, 0.717) is 5.57 Å². The van der Waals surface area contributed by atoms with E-state index in [2.05, 4.69) is 0 Å². The largest absolute Gasteiger partial charge is 0.466 e. The molecular formula is C15H22O5. The number of ether oxygens (including phenoxy) is 4. The highest BCUT2D eigenvalue weighted by molar-refractivity contribution is 5.92. The third kappa shape index (κ3) is 2.20. The first-order chi connectivity index (χ1) is 9.64. The molecule has 0 aromatic heterocycles. The van der Waals surface area contributed by atoms with Crippen molar-refractivity contribution < 1.29 is 23.7 Å². The Morgan fingerprint density at radius 3 is 2.35 bits per heavy atom. The first-order valence-electron chi connectivity index (χ1n) is 6.80. The van der Waals surface area contributed by atoms with Gasteiger partial charge in [-0.2, -0.15) is 0 Å². The van der Waals surface area contributed by atoms with Crippen molar-refractivity contribution in [1.82, 2.24) is 0 Å². The minimum Gasteiger partial charge on any atom is -0.466 e. The van der Waals surface area contributed by atoms with E-state index in [1.807, 2.05) is 6.08 Å². The molecule has 2 rings (SSSR count). The average molecular weight is 282 g/mol. The van der Waals surface area contributed by atoms with Crippen molar-refractivity contribution in [3.63, 3.8) is 0 Å². The topological polar surface area (TPSA) is 54.0 Å². The first kappa shape index (κ1) is 15.2. The van der Waals surface area contributed by atoms with Crippen molar-refractivity contribution >= 4 is 5.97 Å². The molecule has 0 saturated carbocycles. The standard InChI is InChI=1S/C15H22O5/c1-17-13-11-8-6-5-7-10(11)9-12(14(16)18-2)15(13,19-3)20-4/h9,13H,5-8H2,1-4H3. The van der Waals surface area contributed by atoms with Crippen LogP contribution in [0.2, 0.25) is 0 Å². The quantitative estimate of drug-likeness (QED) is 0.583. The average Bonchev–Trinajstić information content (AvgIpc) is 2.51. The minimum atomic E-state index is -1.24. The smallest absolute Gasteiger partial charge is 0.339 e. The van der Waals surface area contributed by atoms with E-state index in [0.717, 1.165) is 36.8 Å². The van der Waals surface area contributed by atoms with Crippen LogP contribution in [-0.4, -0.2) is 46.3 Å². The van der Waals surface area contributed by atoms with Crippen LogP contribution in [0.25, 0.3) is 0 Å². The molecule has 0 fully saturated rings. The molecule has 5 heteroatoms. The molecule has 0 bridgehead atoms. The molecule has 2 aliphatic carbocycles. The van der Waals surface area contributed by atoms with Crippen LogP contribution in [0, 0.1) is 0 Å². The van der Waals surface area contributed by atoms with Crippen LogP contribution in [0.5, 0.6) is 0 Å². The van der Waals surface area contributed by atoms with E-state index in [1.54, 1.807) is 7.11 Å². The summed E-state index contributed by atoms with van der Waals surface area (Å²) < 4.78 is 21.6. The number of methoxy groups -OCH3 is 4. The summed E-state index contributed by atoms with van der Waals surface area (Å²) in [5, 5.41) is 0. The predicted molar refractivity (Wildman–Crippen MR) is 73.1 cm³/mol. The summed E-state index contributed by atoms with van der Waals surface area (Å²) in [5.41, 5.74) is 2.67. The van der Waals surface area contributed by atoms with Crippen molar-refractivity contribution in [2.75, 3.05) is 28.4 Å². The Morgan fingerprint density at radius 2 is 1.80 bits per heavy atom. The van der Waals surface area contributed by atoms with Gasteiger partial charge in [0.05, 0.1) is 12.7 Å². The minimum absolute atomic E-state index is 0.359. The summed E-state index contributed by atoms with van der Waals surface area (Å²) in [6.07, 6.45) is 5.54. The maximum atomic E-state index is 12.1. The van der Waals surface area contributed by atoms with Gasteiger partial charge in [-0.05, 0) is 42.9 Å². The molecule has 1 atom stereocenters. The van der Waals surface area contributed by atoms with Crippen molar-refractivity contribution in [3.05, 3.63) is 22.8 Å². The van der Waals surface area contributed by atoms with E-state index in [4.69, 9.17) is 18.9 Å². The highest BCUT2D eigenvalue weighted by Gasteiger charge is 2.51. The predicted octanol–water partition coefficient (Wildman–Crippen LogP) is 1.97. The molecule has 0 N–H and O–H groups in total. The molecule has 0 radical (unpaired) electrons. The fraction of sp³-hybridized carbons (Fsp3) is 0.667. The van der Waals surface area contributed by atoms with Crippen LogP contribution in [0.1, 0.15) is 25.7 Å². The van der Waals surface area contributed by atoms with Crippen molar-refractivity contribution in [3.8, 4) is 0 Å². The van der Waals surface area contributed by atoms with Gasteiger partial charge in [-0.1, -0.05) is 0 Å². The van der Waals surface area contributed by atoms with Crippen LogP contribution in [-0.2, 0) is 23.7 Å². The summed E-state index contributed by atoms with van der Waals surface area (Å²) in [6, 6.07) is 0. The third-order valence-electron chi connectivity index (χ3n) is 4.16. The molecule has 0 aromatic carbocycles. The van der Waals surface area contributed by atoms with Gasteiger partial charge in [0.25, 0.3) is 0 Å². The van der Waals surface area contributed by atoms with Gasteiger partial charge in [-0.15, -0.1) is 0 Å². The van der Waals surface area contributed by atoms with Gasteiger partial charge in [-0.25, -0.2) is 4.79 Å². The maximum Gasteiger partial charge on any atom is 0.339 e. The van der Waals surface area contributed by atoms with Gasteiger partial charge in [0.15, 0.2) is 0 Å². The molecule has 0 aromatic rings. The SMILES string of the molecule is COC(=O)C1=CC2=C(CCCC2)C(OC)C1(OC)OC. The zero-order valence-corrected chi connectivity index (χ0v) is 12.5. The number of carbonyl (C=O) groups is 1. The monoisotopic (exact) mass is 282 g/mol. The van der Waals surface area contributed by atoms with Crippen LogP contribution < -0.4 is 0 Å². The van der Waals surface area contributed by atoms with Gasteiger partial charge in [0, 0.05) is 21.3 Å². The zero-order valence-electron chi connectivity index (χ0n) is 12.5. The van der Waals surface area contributed by atoms with E-state index in [9.17, 15) is 4.79 Å². The van der Waals surface area contributed by atoms with E-state index < -0.39 is 17.9 Å². The Labute approximate surface area is 119 Å². The van der Waals surface area contributed by atoms with Gasteiger partial charge in [0.1, 0.15) is 6.10 Å². The highest BCUT2D eigenvalue weighted by atomic mass is 16.7. The normalized spacial score (nSPS) is 25.0. The third-order valence-corrected chi connectivity index (χ3v) is 4.16. The van der Waals surface area contributed by atoms with E-state index in [-0.39, 0.29) is 0 Å². The Morgan fingerprint density at radius 1 is 1.15 bits per heavy atom. The Bertz CT molecular complexity index is 445. The maximum absolute atomic E-state index is 12.1. The summed E-state index contributed by atoms with van der Waals surface area (Å²) >= 11 is 0. The number of hydrogen-bond donors (Lipinski definition) is 0. The number of esters is 1. The summed E-state index contributed by atoms with van der Waals surface area (Å²) in [7, 11) is 5.99. The van der Waals surface area contributed by atoms with Crippen molar-refractivity contribution in [1.29, 1.82) is 0 Å². The Hall–Kier alpha value is -1.17. The lowest BCUT2D eigenvalue weighted by Gasteiger charge is -2.43. The Kier molecular flexibility index (Phi) is 4.62. The molecule has 0 spiro atoms. The zero-order chi connectivity index (χ0) is 14.8. The van der Waals surface area contributed by atoms with Gasteiger partial charge >= 0.3 is 5.97 Å². The number of carbonyl (C=O) groups excluding carboxylic acids is 1. The second kappa shape index (κ2) is 6.08. The fourth-order valence-corrected chi connectivity index (χ4v) is 3.19. The molecule has 2 aliphatic rings. The molecule has 0 aliphatic heterocycles. The molecular weight excluding hydrogens is 260 g/mol. The summed E-state index contributed by atoms with van der Waals surface area (Å²) in [6.45, 7) is 0. The molecule has 1 unspecified atom stereocenters. The van der Waals surface area contributed by atoms with Crippen LogP contribution >= 0.6 is 0 Å². The van der Waals surface area contributed by atoms with E-state index >= 15 is 0 Å². The molecule has 0 amide bonds. The van der Waals surface area contributed by atoms with Crippen LogP contribution in [0.15, 0.2) is 22.8 Å². The number of allylic oxidation sites excluding steroid dienone is 2. The summed E-state index contributed by atoms with van der Waals surface area (Å²) in [4.78, 5) is 12.1. The van der Waals surface area contributed by atoms with Crippen LogP contribution in [0.4, 0.5) is 0 Å². The van der Waals surface area contributed by atoms with Gasteiger partial charge in [0.2, 0.25) is 5.79 Å². The van der Waals surface area contributed by atoms with Gasteiger partial charge < -0.3 is 18.9 Å². The second-order valence-corrected chi connectivity index (χ2v) is 5.00. The Balaban J connectivity index is 2.57. The summed E-state index contributed by atoms with van der Waals surface area (Å²) in [5.74, 6) is -1.69. The van der Waals surface area contributed by atoms with Crippen molar-refractivity contribution in [2.24, 2.45) is 0 Å².